The number of nitrogens with two attached hydrogens (primary N) is 1. The van der Waals surface area contributed by atoms with E-state index in [0.717, 1.165) is 25.7 Å². The van der Waals surface area contributed by atoms with Crippen molar-refractivity contribution < 1.29 is 9.26 Å². The van der Waals surface area contributed by atoms with E-state index >= 15 is 0 Å². The maximum absolute atomic E-state index is 5.97. The summed E-state index contributed by atoms with van der Waals surface area (Å²) >= 11 is 0. The van der Waals surface area contributed by atoms with Gasteiger partial charge in [-0.1, -0.05) is 30.8 Å². The SMILES string of the molecule is CCOC1(c2noc(CN)n2)CCCCCC1. The van der Waals surface area contributed by atoms with Crippen molar-refractivity contribution in [2.75, 3.05) is 6.61 Å². The largest absolute Gasteiger partial charge is 0.367 e. The first-order valence-corrected chi connectivity index (χ1v) is 6.48. The van der Waals surface area contributed by atoms with Crippen LogP contribution in [0.15, 0.2) is 4.52 Å². The van der Waals surface area contributed by atoms with Crippen LogP contribution in [0.4, 0.5) is 0 Å². The molecule has 1 aromatic rings. The highest BCUT2D eigenvalue weighted by atomic mass is 16.5. The highest BCUT2D eigenvalue weighted by molar-refractivity contribution is 5.02. The van der Waals surface area contributed by atoms with Crippen molar-refractivity contribution in [3.8, 4) is 0 Å². The molecule has 0 bridgehead atoms. The van der Waals surface area contributed by atoms with E-state index in [4.69, 9.17) is 15.0 Å². The molecule has 1 saturated carbocycles. The molecular formula is C12H21N3O2. The van der Waals surface area contributed by atoms with Crippen LogP contribution in [0.1, 0.15) is 57.2 Å². The Morgan fingerprint density at radius 2 is 2.00 bits per heavy atom. The number of aromatic nitrogens is 2. The zero-order chi connectivity index (χ0) is 12.1. The van der Waals surface area contributed by atoms with Gasteiger partial charge >= 0.3 is 0 Å². The Kier molecular flexibility index (Phi) is 4.12. The van der Waals surface area contributed by atoms with Gasteiger partial charge in [-0.25, -0.2) is 0 Å². The number of nitrogens with zero attached hydrogens (tertiary/aromatic N) is 2. The maximum atomic E-state index is 5.97. The van der Waals surface area contributed by atoms with E-state index in [1.807, 2.05) is 6.92 Å². The lowest BCUT2D eigenvalue weighted by atomic mass is 9.93. The predicted octanol–water partition coefficient (Wildman–Crippen LogP) is 2.11. The standard InChI is InChI=1S/C12H21N3O2/c1-2-16-12(7-5-3-4-6-8-12)11-14-10(9-13)17-15-11/h2-9,13H2,1H3. The van der Waals surface area contributed by atoms with Gasteiger partial charge < -0.3 is 15.0 Å². The molecule has 0 radical (unpaired) electrons. The van der Waals surface area contributed by atoms with Gasteiger partial charge in [-0.2, -0.15) is 4.98 Å². The Labute approximate surface area is 102 Å². The van der Waals surface area contributed by atoms with E-state index in [1.165, 1.54) is 12.8 Å². The molecule has 2 rings (SSSR count). The Morgan fingerprint density at radius 1 is 1.29 bits per heavy atom. The van der Waals surface area contributed by atoms with Gasteiger partial charge in [-0.05, 0) is 19.8 Å². The molecule has 0 aromatic carbocycles. The molecule has 5 heteroatoms. The van der Waals surface area contributed by atoms with Gasteiger partial charge in [0, 0.05) is 6.61 Å². The van der Waals surface area contributed by atoms with Gasteiger partial charge in [0.05, 0.1) is 6.54 Å². The minimum atomic E-state index is -0.345. The Hall–Kier alpha value is -0.940. The summed E-state index contributed by atoms with van der Waals surface area (Å²) in [5, 5.41) is 4.05. The topological polar surface area (TPSA) is 74.2 Å². The third-order valence-corrected chi connectivity index (χ3v) is 3.38. The van der Waals surface area contributed by atoms with Crippen LogP contribution in [-0.4, -0.2) is 16.7 Å². The molecule has 1 heterocycles. The van der Waals surface area contributed by atoms with E-state index in [-0.39, 0.29) is 12.1 Å². The lowest BCUT2D eigenvalue weighted by Crippen LogP contribution is -2.30. The molecule has 1 aromatic heterocycles. The zero-order valence-electron chi connectivity index (χ0n) is 10.4. The van der Waals surface area contributed by atoms with Gasteiger partial charge in [-0.15, -0.1) is 0 Å². The third-order valence-electron chi connectivity index (χ3n) is 3.38. The Balaban J connectivity index is 2.24. The molecule has 2 N–H and O–H groups in total. The van der Waals surface area contributed by atoms with E-state index < -0.39 is 0 Å². The number of rotatable bonds is 4. The molecule has 5 nitrogen and oxygen atoms in total. The molecule has 1 fully saturated rings. The minimum absolute atomic E-state index is 0.287. The monoisotopic (exact) mass is 239 g/mol. The van der Waals surface area contributed by atoms with Crippen LogP contribution in [0.3, 0.4) is 0 Å². The van der Waals surface area contributed by atoms with Gasteiger partial charge in [0.15, 0.2) is 0 Å². The molecule has 0 atom stereocenters. The van der Waals surface area contributed by atoms with Crippen LogP contribution in [-0.2, 0) is 16.9 Å². The van der Waals surface area contributed by atoms with E-state index in [1.54, 1.807) is 0 Å². The highest BCUT2D eigenvalue weighted by Gasteiger charge is 2.38. The molecule has 0 amide bonds. The summed E-state index contributed by atoms with van der Waals surface area (Å²) in [6.07, 6.45) is 6.79. The minimum Gasteiger partial charge on any atom is -0.367 e. The smallest absolute Gasteiger partial charge is 0.240 e. The summed E-state index contributed by atoms with van der Waals surface area (Å²) in [7, 11) is 0. The molecule has 96 valence electrons. The van der Waals surface area contributed by atoms with Crippen molar-refractivity contribution >= 4 is 0 Å². The number of hydrogen-bond acceptors (Lipinski definition) is 5. The third kappa shape index (κ3) is 2.66. The summed E-state index contributed by atoms with van der Waals surface area (Å²) in [5.41, 5.74) is 5.16. The lowest BCUT2D eigenvalue weighted by molar-refractivity contribution is -0.0636. The molecular weight excluding hydrogens is 218 g/mol. The van der Waals surface area contributed by atoms with Gasteiger partial charge in [0.1, 0.15) is 5.60 Å². The molecule has 1 aliphatic carbocycles. The van der Waals surface area contributed by atoms with Crippen LogP contribution in [0.2, 0.25) is 0 Å². The van der Waals surface area contributed by atoms with E-state index in [0.29, 0.717) is 18.3 Å². The summed E-state index contributed by atoms with van der Waals surface area (Å²) in [4.78, 5) is 4.36. The maximum Gasteiger partial charge on any atom is 0.240 e. The second kappa shape index (κ2) is 5.60. The number of ether oxygens (including phenoxy) is 1. The quantitative estimate of drug-likeness (QED) is 0.814. The summed E-state index contributed by atoms with van der Waals surface area (Å²) in [6.45, 7) is 2.97. The van der Waals surface area contributed by atoms with Crippen LogP contribution >= 0.6 is 0 Å². The van der Waals surface area contributed by atoms with Crippen molar-refractivity contribution in [1.29, 1.82) is 0 Å². The molecule has 0 saturated heterocycles. The van der Waals surface area contributed by atoms with Crippen LogP contribution in [0, 0.1) is 0 Å². The number of hydrogen-bond donors (Lipinski definition) is 1. The van der Waals surface area contributed by atoms with Crippen LogP contribution in [0.5, 0.6) is 0 Å². The van der Waals surface area contributed by atoms with Crippen molar-refractivity contribution in [2.45, 2.75) is 57.6 Å². The second-order valence-electron chi connectivity index (χ2n) is 4.56. The summed E-state index contributed by atoms with van der Waals surface area (Å²) in [6, 6.07) is 0. The van der Waals surface area contributed by atoms with Gasteiger partial charge in [0.25, 0.3) is 0 Å². The fraction of sp³-hybridized carbons (Fsp3) is 0.833. The Bertz CT molecular complexity index is 343. The van der Waals surface area contributed by atoms with Crippen LogP contribution < -0.4 is 5.73 Å². The lowest BCUT2D eigenvalue weighted by Gasteiger charge is -2.29. The first kappa shape index (κ1) is 12.5. The molecule has 0 aliphatic heterocycles. The second-order valence-corrected chi connectivity index (χ2v) is 4.56. The fourth-order valence-electron chi connectivity index (χ4n) is 2.53. The van der Waals surface area contributed by atoms with Gasteiger partial charge in [0.2, 0.25) is 11.7 Å². The predicted molar refractivity (Wildman–Crippen MR) is 63.2 cm³/mol. The summed E-state index contributed by atoms with van der Waals surface area (Å²) in [5.74, 6) is 1.17. The highest BCUT2D eigenvalue weighted by Crippen LogP contribution is 2.37. The zero-order valence-corrected chi connectivity index (χ0v) is 10.4. The van der Waals surface area contributed by atoms with Crippen molar-refractivity contribution in [1.82, 2.24) is 10.1 Å². The summed E-state index contributed by atoms with van der Waals surface area (Å²) < 4.78 is 11.1. The Morgan fingerprint density at radius 3 is 2.53 bits per heavy atom. The van der Waals surface area contributed by atoms with Crippen molar-refractivity contribution in [3.63, 3.8) is 0 Å². The van der Waals surface area contributed by atoms with Gasteiger partial charge in [-0.3, -0.25) is 0 Å². The van der Waals surface area contributed by atoms with E-state index in [2.05, 4.69) is 10.1 Å². The average molecular weight is 239 g/mol. The first-order chi connectivity index (χ1) is 8.30. The van der Waals surface area contributed by atoms with Crippen molar-refractivity contribution in [3.05, 3.63) is 11.7 Å². The average Bonchev–Trinajstić information content (AvgIpc) is 2.71. The molecule has 17 heavy (non-hydrogen) atoms. The van der Waals surface area contributed by atoms with Crippen molar-refractivity contribution in [2.24, 2.45) is 5.73 Å². The molecule has 1 aliphatic rings. The van der Waals surface area contributed by atoms with Crippen LogP contribution in [0.25, 0.3) is 0 Å². The van der Waals surface area contributed by atoms with E-state index in [9.17, 15) is 0 Å². The first-order valence-electron chi connectivity index (χ1n) is 6.48. The fourth-order valence-corrected chi connectivity index (χ4v) is 2.53. The molecule has 0 spiro atoms. The normalized spacial score (nSPS) is 20.1. The molecule has 0 unspecified atom stereocenters.